The Balaban J connectivity index is 2.22. The van der Waals surface area contributed by atoms with E-state index in [1.54, 1.807) is 0 Å². The summed E-state index contributed by atoms with van der Waals surface area (Å²) in [5.74, 6) is -2.21. The van der Waals surface area contributed by atoms with Gasteiger partial charge in [-0.3, -0.25) is 4.79 Å². The topological polar surface area (TPSA) is 83.5 Å². The molecule has 0 saturated heterocycles. The van der Waals surface area contributed by atoms with Crippen LogP contribution in [0.1, 0.15) is 12.5 Å². The number of carbonyl (C=O) groups is 1. The minimum absolute atomic E-state index is 0.0317. The van der Waals surface area contributed by atoms with Crippen LogP contribution >= 0.6 is 23.2 Å². The molecule has 2 N–H and O–H groups in total. The molecular formula is C17H14Cl2F3NO4S. The van der Waals surface area contributed by atoms with Crippen LogP contribution in [0.5, 0.6) is 0 Å². The van der Waals surface area contributed by atoms with E-state index in [2.05, 4.69) is 5.32 Å². The molecule has 2 rings (SSSR count). The minimum Gasteiger partial charge on any atom is -0.379 e. The molecule has 0 saturated carbocycles. The maximum absolute atomic E-state index is 12.7. The van der Waals surface area contributed by atoms with Crippen molar-refractivity contribution in [3.05, 3.63) is 58.1 Å². The van der Waals surface area contributed by atoms with Crippen molar-refractivity contribution in [1.82, 2.24) is 0 Å². The normalized spacial score (nSPS) is 14.4. The van der Waals surface area contributed by atoms with Crippen LogP contribution in [0.2, 0.25) is 10.0 Å². The standard InChI is InChI=1S/C17H14Cl2F3NO4S/c1-16(25,9-28(26,27)12-5-6-13(18)14(19)8-12)15(24)23-11-4-2-3-10(7-11)17(20,21)22/h2-8,25H,9H2,1H3,(H,23,24)/t16-/m1/s1. The van der Waals surface area contributed by atoms with E-state index < -0.39 is 38.8 Å². The molecule has 0 spiro atoms. The van der Waals surface area contributed by atoms with E-state index in [0.717, 1.165) is 31.2 Å². The summed E-state index contributed by atoms with van der Waals surface area (Å²) in [4.78, 5) is 12.0. The molecule has 0 heterocycles. The number of alkyl halides is 3. The Hall–Kier alpha value is -1.81. The first-order valence-electron chi connectivity index (χ1n) is 7.61. The summed E-state index contributed by atoms with van der Waals surface area (Å²) < 4.78 is 63.2. The van der Waals surface area contributed by atoms with E-state index in [9.17, 15) is 31.5 Å². The van der Waals surface area contributed by atoms with Gasteiger partial charge in [-0.05, 0) is 43.3 Å². The largest absolute Gasteiger partial charge is 0.416 e. The first kappa shape index (κ1) is 22.5. The molecule has 5 nitrogen and oxygen atoms in total. The van der Waals surface area contributed by atoms with Crippen LogP contribution < -0.4 is 5.32 Å². The molecule has 0 unspecified atom stereocenters. The van der Waals surface area contributed by atoms with Crippen molar-refractivity contribution in [2.24, 2.45) is 0 Å². The number of amides is 1. The van der Waals surface area contributed by atoms with E-state index in [0.29, 0.717) is 6.07 Å². The van der Waals surface area contributed by atoms with E-state index in [1.165, 1.54) is 12.1 Å². The molecule has 0 fully saturated rings. The highest BCUT2D eigenvalue weighted by molar-refractivity contribution is 7.91. The second-order valence-corrected chi connectivity index (χ2v) is 8.95. The van der Waals surface area contributed by atoms with Gasteiger partial charge in [-0.1, -0.05) is 29.3 Å². The van der Waals surface area contributed by atoms with Crippen LogP contribution in [0.15, 0.2) is 47.4 Å². The summed E-state index contributed by atoms with van der Waals surface area (Å²) in [7, 11) is -4.16. The lowest BCUT2D eigenvalue weighted by atomic mass is 10.1. The summed E-state index contributed by atoms with van der Waals surface area (Å²) in [6, 6.07) is 7.19. The van der Waals surface area contributed by atoms with Gasteiger partial charge in [0.25, 0.3) is 5.91 Å². The number of aliphatic hydroxyl groups is 1. The zero-order chi connectivity index (χ0) is 21.3. The lowest BCUT2D eigenvalue weighted by Gasteiger charge is -2.22. The van der Waals surface area contributed by atoms with Crippen LogP contribution in [0, 0.1) is 0 Å². The molecule has 11 heteroatoms. The molecule has 2 aromatic carbocycles. The number of benzene rings is 2. The maximum Gasteiger partial charge on any atom is 0.416 e. The fraction of sp³-hybridized carbons (Fsp3) is 0.235. The summed E-state index contributed by atoms with van der Waals surface area (Å²) >= 11 is 11.5. The molecule has 28 heavy (non-hydrogen) atoms. The van der Waals surface area contributed by atoms with Gasteiger partial charge < -0.3 is 10.4 Å². The molecule has 1 atom stereocenters. The Morgan fingerprint density at radius 1 is 1.11 bits per heavy atom. The number of carbonyl (C=O) groups excluding carboxylic acids is 1. The number of hydrogen-bond donors (Lipinski definition) is 2. The zero-order valence-corrected chi connectivity index (χ0v) is 16.5. The van der Waals surface area contributed by atoms with E-state index in [1.807, 2.05) is 0 Å². The lowest BCUT2D eigenvalue weighted by molar-refractivity contribution is -0.137. The van der Waals surface area contributed by atoms with E-state index in [-0.39, 0.29) is 20.6 Å². The highest BCUT2D eigenvalue weighted by atomic mass is 35.5. The molecular weight excluding hydrogens is 442 g/mol. The van der Waals surface area contributed by atoms with Crippen molar-refractivity contribution in [3.8, 4) is 0 Å². The Kier molecular flexibility index (Phi) is 6.34. The zero-order valence-electron chi connectivity index (χ0n) is 14.2. The van der Waals surface area contributed by atoms with Gasteiger partial charge in [0, 0.05) is 5.69 Å². The molecule has 0 radical (unpaired) electrons. The average Bonchev–Trinajstić information content (AvgIpc) is 2.55. The van der Waals surface area contributed by atoms with Crippen molar-refractivity contribution in [3.63, 3.8) is 0 Å². The van der Waals surface area contributed by atoms with Crippen LogP contribution in [0.3, 0.4) is 0 Å². The second-order valence-electron chi connectivity index (χ2n) is 6.14. The van der Waals surface area contributed by atoms with Crippen molar-refractivity contribution in [2.75, 3.05) is 11.1 Å². The van der Waals surface area contributed by atoms with Gasteiger partial charge in [-0.2, -0.15) is 13.2 Å². The number of rotatable bonds is 5. The molecule has 0 aliphatic carbocycles. The van der Waals surface area contributed by atoms with Crippen LogP contribution in [-0.4, -0.2) is 30.8 Å². The van der Waals surface area contributed by atoms with Gasteiger partial charge in [-0.15, -0.1) is 0 Å². The molecule has 2 aromatic rings. The molecule has 0 aromatic heterocycles. The third-order valence-electron chi connectivity index (χ3n) is 3.66. The fourth-order valence-corrected chi connectivity index (χ4v) is 4.20. The summed E-state index contributed by atoms with van der Waals surface area (Å²) in [6.45, 7) is 0.936. The van der Waals surface area contributed by atoms with E-state index >= 15 is 0 Å². The van der Waals surface area contributed by atoms with Crippen molar-refractivity contribution < 1.29 is 31.5 Å². The molecule has 0 aliphatic rings. The Bertz CT molecular complexity index is 1010. The smallest absolute Gasteiger partial charge is 0.379 e. The van der Waals surface area contributed by atoms with E-state index in [4.69, 9.17) is 23.2 Å². The predicted octanol–water partition coefficient (Wildman–Crippen LogP) is 4.18. The maximum atomic E-state index is 12.7. The third kappa shape index (κ3) is 5.38. The SMILES string of the molecule is C[C@@](O)(CS(=O)(=O)c1ccc(Cl)c(Cl)c1)C(=O)Nc1cccc(C(F)(F)F)c1. The highest BCUT2D eigenvalue weighted by Crippen LogP contribution is 2.31. The fourth-order valence-electron chi connectivity index (χ4n) is 2.23. The van der Waals surface area contributed by atoms with Gasteiger partial charge in [0.15, 0.2) is 15.4 Å². The quantitative estimate of drug-likeness (QED) is 0.708. The van der Waals surface area contributed by atoms with Crippen molar-refractivity contribution in [1.29, 1.82) is 0 Å². The summed E-state index contributed by atoms with van der Waals surface area (Å²) in [6.07, 6.45) is -4.62. The van der Waals surface area contributed by atoms with Crippen molar-refractivity contribution >= 4 is 44.6 Å². The van der Waals surface area contributed by atoms with Gasteiger partial charge in [0.1, 0.15) is 0 Å². The van der Waals surface area contributed by atoms with Gasteiger partial charge in [0.2, 0.25) is 0 Å². The van der Waals surface area contributed by atoms with Gasteiger partial charge in [-0.25, -0.2) is 8.42 Å². The number of halogens is 5. The molecule has 1 amide bonds. The number of anilines is 1. The van der Waals surface area contributed by atoms with Crippen LogP contribution in [0.4, 0.5) is 18.9 Å². The molecule has 152 valence electrons. The lowest BCUT2D eigenvalue weighted by Crippen LogP contribution is -2.45. The highest BCUT2D eigenvalue weighted by Gasteiger charge is 2.37. The average molecular weight is 456 g/mol. The predicted molar refractivity (Wildman–Crippen MR) is 99.2 cm³/mol. The minimum atomic E-state index is -4.62. The van der Waals surface area contributed by atoms with Crippen LogP contribution in [-0.2, 0) is 20.8 Å². The summed E-state index contributed by atoms with van der Waals surface area (Å²) in [5.41, 5.74) is -3.68. The number of hydrogen-bond acceptors (Lipinski definition) is 4. The first-order chi connectivity index (χ1) is 12.7. The molecule has 0 aliphatic heterocycles. The number of nitrogens with one attached hydrogen (secondary N) is 1. The second kappa shape index (κ2) is 7.90. The Morgan fingerprint density at radius 2 is 1.75 bits per heavy atom. The van der Waals surface area contributed by atoms with Crippen LogP contribution in [0.25, 0.3) is 0 Å². The van der Waals surface area contributed by atoms with Gasteiger partial charge in [0.05, 0.1) is 26.3 Å². The number of sulfone groups is 1. The summed E-state index contributed by atoms with van der Waals surface area (Å²) in [5, 5.41) is 12.5. The third-order valence-corrected chi connectivity index (χ3v) is 6.31. The van der Waals surface area contributed by atoms with Crippen molar-refractivity contribution in [2.45, 2.75) is 23.6 Å². The monoisotopic (exact) mass is 455 g/mol. The molecule has 0 bridgehead atoms. The Labute approximate surface area is 169 Å². The first-order valence-corrected chi connectivity index (χ1v) is 10.0. The Morgan fingerprint density at radius 3 is 2.32 bits per heavy atom. The van der Waals surface area contributed by atoms with Gasteiger partial charge >= 0.3 is 6.18 Å².